The Bertz CT molecular complexity index is 887. The number of ether oxygens (including phenoxy) is 3. The van der Waals surface area contributed by atoms with E-state index < -0.39 is 6.10 Å². The molecule has 0 aliphatic heterocycles. The maximum Gasteiger partial charge on any atom is 0.306 e. The highest BCUT2D eigenvalue weighted by Gasteiger charge is 2.19. The van der Waals surface area contributed by atoms with E-state index in [-0.39, 0.29) is 31.1 Å². The first kappa shape index (κ1) is 57.4. The van der Waals surface area contributed by atoms with Gasteiger partial charge < -0.3 is 14.2 Å². The third-order valence-electron chi connectivity index (χ3n) is 12.0. The number of esters is 3. The van der Waals surface area contributed by atoms with Crippen LogP contribution in [0.4, 0.5) is 0 Å². The van der Waals surface area contributed by atoms with Gasteiger partial charge in [-0.1, -0.05) is 259 Å². The van der Waals surface area contributed by atoms with Crippen LogP contribution in [0.15, 0.2) is 0 Å². The highest BCUT2D eigenvalue weighted by molar-refractivity contribution is 5.71. The van der Waals surface area contributed by atoms with E-state index in [1.54, 1.807) is 0 Å². The summed E-state index contributed by atoms with van der Waals surface area (Å²) in [6.07, 6.45) is 49.4. The van der Waals surface area contributed by atoms with E-state index in [9.17, 15) is 14.4 Å². The fraction of sp³-hybridized carbons (Fsp3) is 0.943. The normalized spacial score (nSPS) is 11.9. The fourth-order valence-electron chi connectivity index (χ4n) is 8.04. The predicted molar refractivity (Wildman–Crippen MR) is 252 cm³/mol. The van der Waals surface area contributed by atoms with Crippen LogP contribution < -0.4 is 0 Å². The molecule has 0 radical (unpaired) electrons. The molecule has 0 unspecified atom stereocenters. The Morgan fingerprint density at radius 3 is 0.831 bits per heavy atom. The molecular formula is C53H102O6. The SMILES string of the molecule is CCCCCCCCCCCCCCCCC(=O)OC[C@H](COC(=O)CCCCCCCCCCCCCCCCC(C)C)OC(=O)CCCCCCCCCCCC. The fourth-order valence-corrected chi connectivity index (χ4v) is 8.04. The van der Waals surface area contributed by atoms with Crippen LogP contribution in [0.2, 0.25) is 0 Å². The van der Waals surface area contributed by atoms with Crippen LogP contribution in [0.3, 0.4) is 0 Å². The third-order valence-corrected chi connectivity index (χ3v) is 12.0. The van der Waals surface area contributed by atoms with Crippen molar-refractivity contribution in [3.05, 3.63) is 0 Å². The van der Waals surface area contributed by atoms with Crippen LogP contribution in [0.25, 0.3) is 0 Å². The van der Waals surface area contributed by atoms with Crippen molar-refractivity contribution < 1.29 is 28.6 Å². The van der Waals surface area contributed by atoms with Crippen LogP contribution in [0.5, 0.6) is 0 Å². The van der Waals surface area contributed by atoms with E-state index in [0.29, 0.717) is 19.3 Å². The van der Waals surface area contributed by atoms with E-state index >= 15 is 0 Å². The topological polar surface area (TPSA) is 78.9 Å². The summed E-state index contributed by atoms with van der Waals surface area (Å²) in [4.78, 5) is 37.9. The van der Waals surface area contributed by atoms with E-state index in [1.165, 1.54) is 193 Å². The number of hydrogen-bond acceptors (Lipinski definition) is 6. The molecule has 0 aromatic heterocycles. The van der Waals surface area contributed by atoms with Crippen LogP contribution in [0.1, 0.15) is 297 Å². The Morgan fingerprint density at radius 2 is 0.559 bits per heavy atom. The van der Waals surface area contributed by atoms with E-state index in [1.807, 2.05) is 0 Å². The lowest BCUT2D eigenvalue weighted by molar-refractivity contribution is -0.167. The molecule has 0 aliphatic carbocycles. The first-order chi connectivity index (χ1) is 28.9. The zero-order valence-corrected chi connectivity index (χ0v) is 40.2. The molecule has 0 heterocycles. The lowest BCUT2D eigenvalue weighted by atomic mass is 10.0. The Labute approximate surface area is 368 Å². The summed E-state index contributed by atoms with van der Waals surface area (Å²) >= 11 is 0. The predicted octanol–water partition coefficient (Wildman–Crippen LogP) is 17.1. The van der Waals surface area contributed by atoms with Crippen LogP contribution in [-0.2, 0) is 28.6 Å². The monoisotopic (exact) mass is 835 g/mol. The summed E-state index contributed by atoms with van der Waals surface area (Å²) in [5.74, 6) is 0.000967. The summed E-state index contributed by atoms with van der Waals surface area (Å²) in [7, 11) is 0. The molecule has 0 bridgehead atoms. The first-order valence-corrected chi connectivity index (χ1v) is 26.4. The number of carbonyl (C=O) groups is 3. The standard InChI is InChI=1S/C53H102O6/c1-5-7-9-11-13-15-17-18-22-25-29-32-36-40-44-51(54)57-47-50(59-53(56)46-42-38-34-28-16-14-12-10-8-6-2)48-58-52(55)45-41-37-33-30-26-23-20-19-21-24-27-31-35-39-43-49(3)4/h49-50H,5-48H2,1-4H3/t50-/m1/s1. The maximum absolute atomic E-state index is 12.7. The van der Waals surface area contributed by atoms with Crippen molar-refractivity contribution in [2.45, 2.75) is 303 Å². The van der Waals surface area contributed by atoms with Crippen molar-refractivity contribution >= 4 is 17.9 Å². The average molecular weight is 835 g/mol. The minimum absolute atomic E-state index is 0.0626. The second-order valence-electron chi connectivity index (χ2n) is 18.6. The lowest BCUT2D eigenvalue weighted by Gasteiger charge is -2.18. The van der Waals surface area contributed by atoms with Gasteiger partial charge in [-0.15, -0.1) is 0 Å². The summed E-state index contributed by atoms with van der Waals surface area (Å²) in [6, 6.07) is 0. The van der Waals surface area contributed by atoms with Gasteiger partial charge in [0.05, 0.1) is 0 Å². The average Bonchev–Trinajstić information content (AvgIpc) is 3.22. The summed E-state index contributed by atoms with van der Waals surface area (Å²) in [5.41, 5.74) is 0. The lowest BCUT2D eigenvalue weighted by Crippen LogP contribution is -2.30. The van der Waals surface area contributed by atoms with Crippen molar-refractivity contribution in [3.63, 3.8) is 0 Å². The van der Waals surface area contributed by atoms with Gasteiger partial charge in [0.2, 0.25) is 0 Å². The molecule has 0 aromatic rings. The Balaban J connectivity index is 4.25. The van der Waals surface area contributed by atoms with Crippen molar-refractivity contribution in [1.29, 1.82) is 0 Å². The third kappa shape index (κ3) is 47.3. The molecule has 0 amide bonds. The Kier molecular flexibility index (Phi) is 46.2. The second-order valence-corrected chi connectivity index (χ2v) is 18.6. The largest absolute Gasteiger partial charge is 0.462 e. The molecular weight excluding hydrogens is 733 g/mol. The molecule has 6 nitrogen and oxygen atoms in total. The van der Waals surface area contributed by atoms with Crippen molar-refractivity contribution in [3.8, 4) is 0 Å². The highest BCUT2D eigenvalue weighted by Crippen LogP contribution is 2.17. The van der Waals surface area contributed by atoms with Gasteiger partial charge >= 0.3 is 17.9 Å². The van der Waals surface area contributed by atoms with Crippen LogP contribution >= 0.6 is 0 Å². The molecule has 0 aromatic carbocycles. The number of rotatable bonds is 48. The second kappa shape index (κ2) is 47.5. The molecule has 0 spiro atoms. The summed E-state index contributed by atoms with van der Waals surface area (Å²) < 4.78 is 16.8. The number of unbranched alkanes of at least 4 members (excludes halogenated alkanes) is 35. The molecule has 350 valence electrons. The van der Waals surface area contributed by atoms with E-state index in [2.05, 4.69) is 27.7 Å². The van der Waals surface area contributed by atoms with Crippen molar-refractivity contribution in [2.24, 2.45) is 5.92 Å². The molecule has 0 saturated carbocycles. The quantitative estimate of drug-likeness (QED) is 0.0345. The minimum atomic E-state index is -0.760. The summed E-state index contributed by atoms with van der Waals surface area (Å²) in [5, 5.41) is 0. The molecule has 6 heteroatoms. The zero-order chi connectivity index (χ0) is 43.1. The van der Waals surface area contributed by atoms with E-state index in [0.717, 1.165) is 63.7 Å². The van der Waals surface area contributed by atoms with Gasteiger partial charge in [-0.3, -0.25) is 14.4 Å². The van der Waals surface area contributed by atoms with Gasteiger partial charge in [0.25, 0.3) is 0 Å². The zero-order valence-electron chi connectivity index (χ0n) is 40.2. The van der Waals surface area contributed by atoms with Gasteiger partial charge in [-0.2, -0.15) is 0 Å². The number of hydrogen-bond donors (Lipinski definition) is 0. The van der Waals surface area contributed by atoms with Gasteiger partial charge in [0.1, 0.15) is 13.2 Å². The Morgan fingerprint density at radius 1 is 0.322 bits per heavy atom. The van der Waals surface area contributed by atoms with Crippen LogP contribution in [0, 0.1) is 5.92 Å². The molecule has 1 atom stereocenters. The molecule has 0 rings (SSSR count). The summed E-state index contributed by atoms with van der Waals surface area (Å²) in [6.45, 7) is 9.03. The number of carbonyl (C=O) groups excluding carboxylic acids is 3. The first-order valence-electron chi connectivity index (χ1n) is 26.4. The Hall–Kier alpha value is -1.59. The minimum Gasteiger partial charge on any atom is -0.462 e. The smallest absolute Gasteiger partial charge is 0.306 e. The maximum atomic E-state index is 12.7. The van der Waals surface area contributed by atoms with Gasteiger partial charge in [0.15, 0.2) is 6.10 Å². The van der Waals surface area contributed by atoms with Gasteiger partial charge in [-0.05, 0) is 25.2 Å². The van der Waals surface area contributed by atoms with E-state index in [4.69, 9.17) is 14.2 Å². The van der Waals surface area contributed by atoms with Crippen LogP contribution in [-0.4, -0.2) is 37.2 Å². The molecule has 0 fully saturated rings. The molecule has 0 saturated heterocycles. The molecule has 59 heavy (non-hydrogen) atoms. The van der Waals surface area contributed by atoms with Crippen molar-refractivity contribution in [2.75, 3.05) is 13.2 Å². The molecule has 0 N–H and O–H groups in total. The van der Waals surface area contributed by atoms with Crippen molar-refractivity contribution in [1.82, 2.24) is 0 Å². The van der Waals surface area contributed by atoms with Gasteiger partial charge in [-0.25, -0.2) is 0 Å². The van der Waals surface area contributed by atoms with Gasteiger partial charge in [0, 0.05) is 19.3 Å². The molecule has 0 aliphatic rings. The highest BCUT2D eigenvalue weighted by atomic mass is 16.6.